The van der Waals surface area contributed by atoms with Gasteiger partial charge in [-0.2, -0.15) is 0 Å². The second kappa shape index (κ2) is 8.24. The summed E-state index contributed by atoms with van der Waals surface area (Å²) in [5, 5.41) is 10.8. The number of nitro groups is 1. The minimum Gasteiger partial charge on any atom is -0.378 e. The number of nitrogens with two attached hydrogens (primary N) is 1. The first-order valence-electron chi connectivity index (χ1n) is 7.58. The monoisotopic (exact) mass is 341 g/mol. The molecule has 126 valence electrons. The van der Waals surface area contributed by atoms with Crippen molar-refractivity contribution in [2.45, 2.75) is 25.4 Å². The van der Waals surface area contributed by atoms with Crippen LogP contribution in [-0.2, 0) is 4.74 Å². The molecule has 2 N–H and O–H groups in total. The molecule has 1 aromatic rings. The average Bonchev–Trinajstić information content (AvgIpc) is 2.55. The van der Waals surface area contributed by atoms with Gasteiger partial charge in [0.15, 0.2) is 0 Å². The summed E-state index contributed by atoms with van der Waals surface area (Å²) in [7, 11) is 0. The Bertz CT molecular complexity index is 574. The lowest BCUT2D eigenvalue weighted by Gasteiger charge is -2.32. The van der Waals surface area contributed by atoms with Gasteiger partial charge < -0.3 is 15.4 Å². The molecule has 8 heteroatoms. The van der Waals surface area contributed by atoms with Gasteiger partial charge in [-0.1, -0.05) is 11.6 Å². The van der Waals surface area contributed by atoms with Crippen LogP contribution >= 0.6 is 11.6 Å². The molecule has 1 aliphatic rings. The van der Waals surface area contributed by atoms with E-state index in [9.17, 15) is 14.9 Å². The van der Waals surface area contributed by atoms with E-state index >= 15 is 0 Å². The van der Waals surface area contributed by atoms with Gasteiger partial charge in [-0.3, -0.25) is 14.9 Å². The molecule has 0 bridgehead atoms. The van der Waals surface area contributed by atoms with Crippen molar-refractivity contribution in [2.24, 2.45) is 5.73 Å². The molecule has 0 spiro atoms. The van der Waals surface area contributed by atoms with Crippen molar-refractivity contribution in [1.29, 1.82) is 0 Å². The molecule has 0 aliphatic carbocycles. The van der Waals surface area contributed by atoms with E-state index in [0.717, 1.165) is 19.3 Å². The van der Waals surface area contributed by atoms with Crippen LogP contribution in [0.1, 0.15) is 29.6 Å². The molecule has 1 fully saturated rings. The lowest BCUT2D eigenvalue weighted by Crippen LogP contribution is -2.41. The number of nitro benzene ring substituents is 1. The summed E-state index contributed by atoms with van der Waals surface area (Å²) >= 11 is 6.01. The molecule has 0 aromatic heterocycles. The fourth-order valence-electron chi connectivity index (χ4n) is 2.52. The van der Waals surface area contributed by atoms with Gasteiger partial charge in [0.05, 0.1) is 21.6 Å². The number of nitrogens with zero attached hydrogens (tertiary/aromatic N) is 2. The molecule has 0 saturated carbocycles. The van der Waals surface area contributed by atoms with Gasteiger partial charge in [0, 0.05) is 31.8 Å². The number of ether oxygens (including phenoxy) is 1. The third kappa shape index (κ3) is 4.63. The van der Waals surface area contributed by atoms with E-state index in [1.54, 1.807) is 4.90 Å². The number of benzene rings is 1. The third-order valence-corrected chi connectivity index (χ3v) is 4.14. The number of halogens is 1. The summed E-state index contributed by atoms with van der Waals surface area (Å²) in [4.78, 5) is 24.4. The van der Waals surface area contributed by atoms with Crippen molar-refractivity contribution in [2.75, 3.05) is 26.2 Å². The van der Waals surface area contributed by atoms with Gasteiger partial charge in [0.25, 0.3) is 11.6 Å². The smallest absolute Gasteiger partial charge is 0.270 e. The molecule has 1 saturated heterocycles. The molecule has 0 unspecified atom stereocenters. The van der Waals surface area contributed by atoms with Crippen LogP contribution in [0.2, 0.25) is 5.02 Å². The Kier molecular flexibility index (Phi) is 6.32. The third-order valence-electron chi connectivity index (χ3n) is 3.83. The second-order valence-corrected chi connectivity index (χ2v) is 5.83. The van der Waals surface area contributed by atoms with E-state index in [4.69, 9.17) is 22.1 Å². The number of amides is 1. The van der Waals surface area contributed by atoms with Crippen molar-refractivity contribution >= 4 is 23.2 Å². The van der Waals surface area contributed by atoms with Gasteiger partial charge in [0.1, 0.15) is 0 Å². The maximum Gasteiger partial charge on any atom is 0.270 e. The molecule has 1 heterocycles. The molecule has 0 atom stereocenters. The second-order valence-electron chi connectivity index (χ2n) is 5.43. The zero-order valence-electron chi connectivity index (χ0n) is 12.7. The maximum absolute atomic E-state index is 12.5. The molecule has 2 rings (SSSR count). The minimum atomic E-state index is -0.537. The lowest BCUT2D eigenvalue weighted by atomic mass is 10.1. The van der Waals surface area contributed by atoms with Crippen molar-refractivity contribution in [3.63, 3.8) is 0 Å². The number of carbonyl (C=O) groups excluding carboxylic acids is 1. The highest BCUT2D eigenvalue weighted by molar-refractivity contribution is 6.34. The van der Waals surface area contributed by atoms with Crippen LogP contribution in [0, 0.1) is 10.1 Å². The van der Waals surface area contributed by atoms with E-state index in [1.807, 2.05) is 0 Å². The van der Waals surface area contributed by atoms with Crippen molar-refractivity contribution < 1.29 is 14.5 Å². The number of piperidine rings is 1. The Morgan fingerprint density at radius 1 is 1.43 bits per heavy atom. The molecular weight excluding hydrogens is 322 g/mol. The first-order valence-corrected chi connectivity index (χ1v) is 7.95. The van der Waals surface area contributed by atoms with Gasteiger partial charge in [-0.15, -0.1) is 0 Å². The standard InChI is InChI=1S/C15H20ClN3O4/c16-14-10-11(19(21)22)2-3-13(14)15(20)18-7-4-12(5-8-18)23-9-1-6-17/h2-3,10,12H,1,4-9,17H2. The Balaban J connectivity index is 1.93. The molecule has 1 aromatic carbocycles. The highest BCUT2D eigenvalue weighted by atomic mass is 35.5. The molecule has 1 aliphatic heterocycles. The summed E-state index contributed by atoms with van der Waals surface area (Å²) in [5.74, 6) is -0.203. The lowest BCUT2D eigenvalue weighted by molar-refractivity contribution is -0.384. The van der Waals surface area contributed by atoms with Crippen LogP contribution in [-0.4, -0.2) is 48.1 Å². The number of rotatable bonds is 6. The minimum absolute atomic E-state index is 0.102. The molecular formula is C15H20ClN3O4. The van der Waals surface area contributed by atoms with E-state index < -0.39 is 4.92 Å². The molecule has 1 amide bonds. The first-order chi connectivity index (χ1) is 11.0. The molecule has 0 radical (unpaired) electrons. The Morgan fingerprint density at radius 2 is 2.13 bits per heavy atom. The van der Waals surface area contributed by atoms with E-state index in [2.05, 4.69) is 0 Å². The van der Waals surface area contributed by atoms with E-state index in [0.29, 0.717) is 31.8 Å². The summed E-state index contributed by atoms with van der Waals surface area (Å²) in [6.45, 7) is 2.41. The highest BCUT2D eigenvalue weighted by Gasteiger charge is 2.25. The number of non-ortho nitro benzene ring substituents is 1. The fourth-order valence-corrected chi connectivity index (χ4v) is 2.78. The summed E-state index contributed by atoms with van der Waals surface area (Å²) in [5.41, 5.74) is 5.59. The van der Waals surface area contributed by atoms with Gasteiger partial charge in [-0.05, 0) is 31.9 Å². The van der Waals surface area contributed by atoms with Gasteiger partial charge in [0.2, 0.25) is 0 Å². The molecule has 23 heavy (non-hydrogen) atoms. The highest BCUT2D eigenvalue weighted by Crippen LogP contribution is 2.25. The van der Waals surface area contributed by atoms with Crippen molar-refractivity contribution in [3.05, 3.63) is 38.9 Å². The Morgan fingerprint density at radius 3 is 2.70 bits per heavy atom. The number of carbonyl (C=O) groups is 1. The average molecular weight is 342 g/mol. The normalized spacial score (nSPS) is 15.7. The largest absolute Gasteiger partial charge is 0.378 e. The van der Waals surface area contributed by atoms with Crippen LogP contribution in [0.3, 0.4) is 0 Å². The topological polar surface area (TPSA) is 98.7 Å². The van der Waals surface area contributed by atoms with Crippen molar-refractivity contribution in [3.8, 4) is 0 Å². The van der Waals surface area contributed by atoms with E-state index in [-0.39, 0.29) is 22.7 Å². The van der Waals surface area contributed by atoms with Crippen LogP contribution < -0.4 is 5.73 Å². The van der Waals surface area contributed by atoms with Crippen LogP contribution in [0.5, 0.6) is 0 Å². The zero-order chi connectivity index (χ0) is 16.8. The fraction of sp³-hybridized carbons (Fsp3) is 0.533. The zero-order valence-corrected chi connectivity index (χ0v) is 13.5. The number of likely N-dealkylation sites (tertiary alicyclic amines) is 1. The summed E-state index contributed by atoms with van der Waals surface area (Å²) in [6.07, 6.45) is 2.51. The predicted molar refractivity (Wildman–Crippen MR) is 86.7 cm³/mol. The van der Waals surface area contributed by atoms with Crippen LogP contribution in [0.25, 0.3) is 0 Å². The van der Waals surface area contributed by atoms with Crippen molar-refractivity contribution in [1.82, 2.24) is 4.90 Å². The SMILES string of the molecule is NCCCOC1CCN(C(=O)c2ccc([N+](=O)[O-])cc2Cl)CC1. The maximum atomic E-state index is 12.5. The van der Waals surface area contributed by atoms with Gasteiger partial charge >= 0.3 is 0 Å². The first kappa shape index (κ1) is 17.7. The molecule has 7 nitrogen and oxygen atoms in total. The Labute approximate surface area is 139 Å². The summed E-state index contributed by atoms with van der Waals surface area (Å²) in [6, 6.07) is 3.91. The summed E-state index contributed by atoms with van der Waals surface area (Å²) < 4.78 is 5.70. The van der Waals surface area contributed by atoms with Crippen LogP contribution in [0.15, 0.2) is 18.2 Å². The van der Waals surface area contributed by atoms with Gasteiger partial charge in [-0.25, -0.2) is 0 Å². The quantitative estimate of drug-likeness (QED) is 0.486. The predicted octanol–water partition coefficient (Wildman–Crippen LogP) is 2.22. The van der Waals surface area contributed by atoms with E-state index in [1.165, 1.54) is 18.2 Å². The Hall–Kier alpha value is -1.70. The number of hydrogen-bond acceptors (Lipinski definition) is 5. The number of hydrogen-bond donors (Lipinski definition) is 1. The van der Waals surface area contributed by atoms with Crippen LogP contribution in [0.4, 0.5) is 5.69 Å².